The van der Waals surface area contributed by atoms with Crippen molar-refractivity contribution in [2.45, 2.75) is 49.7 Å². The molecule has 0 unspecified atom stereocenters. The second-order valence-electron chi connectivity index (χ2n) is 7.54. The van der Waals surface area contributed by atoms with Gasteiger partial charge < -0.3 is 5.32 Å². The number of nitrogens with one attached hydrogen (secondary N) is 1. The van der Waals surface area contributed by atoms with Crippen LogP contribution in [-0.2, 0) is 21.0 Å². The molecule has 1 fully saturated rings. The third kappa shape index (κ3) is 5.51. The second kappa shape index (κ2) is 9.08. The number of hydrogen-bond acceptors (Lipinski definition) is 3. The summed E-state index contributed by atoms with van der Waals surface area (Å²) in [6, 6.07) is 8.59. The van der Waals surface area contributed by atoms with Crippen LogP contribution >= 0.6 is 11.6 Å². The molecule has 0 radical (unpaired) electrons. The average molecular weight is 475 g/mol. The summed E-state index contributed by atoms with van der Waals surface area (Å²) in [5.74, 6) is -0.578. The average Bonchev–Trinajstić information content (AvgIpc) is 3.19. The van der Waals surface area contributed by atoms with Gasteiger partial charge >= 0.3 is 6.18 Å². The quantitative estimate of drug-likeness (QED) is 0.646. The summed E-state index contributed by atoms with van der Waals surface area (Å²) in [7, 11) is -4.31. The van der Waals surface area contributed by atoms with Crippen molar-refractivity contribution in [3.8, 4) is 0 Å². The van der Waals surface area contributed by atoms with Gasteiger partial charge in [-0.1, -0.05) is 42.1 Å². The number of amides is 1. The second-order valence-corrected chi connectivity index (χ2v) is 9.81. The molecule has 0 spiro atoms. The van der Waals surface area contributed by atoms with E-state index in [9.17, 15) is 26.4 Å². The first-order chi connectivity index (χ1) is 14.5. The Hall–Kier alpha value is -2.26. The van der Waals surface area contributed by atoms with E-state index >= 15 is 0 Å². The summed E-state index contributed by atoms with van der Waals surface area (Å²) in [4.78, 5) is 12.5. The maximum absolute atomic E-state index is 13.4. The molecular weight excluding hydrogens is 453 g/mol. The van der Waals surface area contributed by atoms with Gasteiger partial charge in [-0.3, -0.25) is 9.10 Å². The number of aryl methyl sites for hydroxylation is 1. The highest BCUT2D eigenvalue weighted by atomic mass is 35.5. The molecule has 1 aliphatic carbocycles. The smallest absolute Gasteiger partial charge is 0.352 e. The van der Waals surface area contributed by atoms with E-state index in [0.717, 1.165) is 43.4 Å². The molecule has 1 aliphatic rings. The molecule has 168 valence electrons. The zero-order valence-electron chi connectivity index (χ0n) is 16.7. The summed E-state index contributed by atoms with van der Waals surface area (Å²) in [5, 5.41) is 2.22. The van der Waals surface area contributed by atoms with E-state index in [-0.39, 0.29) is 16.6 Å². The minimum absolute atomic E-state index is 0.0626. The fourth-order valence-corrected chi connectivity index (χ4v) is 5.15. The molecule has 0 atom stereocenters. The van der Waals surface area contributed by atoms with E-state index in [1.165, 1.54) is 12.1 Å². The van der Waals surface area contributed by atoms with Gasteiger partial charge in [0.05, 0.1) is 21.2 Å². The number of benzene rings is 2. The van der Waals surface area contributed by atoms with Gasteiger partial charge in [-0.25, -0.2) is 8.42 Å². The Kier molecular flexibility index (Phi) is 6.85. The molecule has 1 N–H and O–H groups in total. The predicted octanol–water partition coefficient (Wildman–Crippen LogP) is 4.92. The SMILES string of the molecule is Cc1ccc(S(=O)(=O)N(CC(=O)NC2CCCC2)c2ccc(Cl)c(C(F)(F)F)c2)cc1. The van der Waals surface area contributed by atoms with Gasteiger partial charge in [-0.05, 0) is 50.1 Å². The van der Waals surface area contributed by atoms with E-state index in [4.69, 9.17) is 11.6 Å². The third-order valence-corrected chi connectivity index (χ3v) is 7.28. The zero-order chi connectivity index (χ0) is 22.8. The highest BCUT2D eigenvalue weighted by molar-refractivity contribution is 7.92. The van der Waals surface area contributed by atoms with Gasteiger partial charge in [-0.2, -0.15) is 13.2 Å². The molecule has 2 aromatic carbocycles. The molecule has 31 heavy (non-hydrogen) atoms. The van der Waals surface area contributed by atoms with Gasteiger partial charge in [0.1, 0.15) is 6.54 Å². The van der Waals surface area contributed by atoms with E-state index in [2.05, 4.69) is 5.32 Å². The van der Waals surface area contributed by atoms with Crippen LogP contribution in [0.1, 0.15) is 36.8 Å². The maximum atomic E-state index is 13.4. The van der Waals surface area contributed by atoms with E-state index in [1.807, 2.05) is 0 Å². The normalized spacial score (nSPS) is 15.1. The first-order valence-electron chi connectivity index (χ1n) is 9.74. The van der Waals surface area contributed by atoms with Crippen molar-refractivity contribution in [1.82, 2.24) is 5.32 Å². The Balaban J connectivity index is 2.01. The lowest BCUT2D eigenvalue weighted by atomic mass is 10.2. The first kappa shape index (κ1) is 23.4. The molecule has 1 amide bonds. The summed E-state index contributed by atoms with van der Waals surface area (Å²) < 4.78 is 67.3. The van der Waals surface area contributed by atoms with Gasteiger partial charge in [0.15, 0.2) is 0 Å². The minimum Gasteiger partial charge on any atom is -0.352 e. The van der Waals surface area contributed by atoms with Crippen LogP contribution < -0.4 is 9.62 Å². The van der Waals surface area contributed by atoms with Crippen LogP contribution in [0.25, 0.3) is 0 Å². The molecule has 0 bridgehead atoms. The summed E-state index contributed by atoms with van der Waals surface area (Å²) in [6.07, 6.45) is -1.28. The van der Waals surface area contributed by atoms with Crippen LogP contribution in [0.5, 0.6) is 0 Å². The summed E-state index contributed by atoms with van der Waals surface area (Å²) in [5.41, 5.74) is -0.652. The van der Waals surface area contributed by atoms with Gasteiger partial charge in [0.25, 0.3) is 10.0 Å². The van der Waals surface area contributed by atoms with Crippen LogP contribution in [-0.4, -0.2) is 26.9 Å². The first-order valence-corrected chi connectivity index (χ1v) is 11.6. The van der Waals surface area contributed by atoms with Crippen LogP contribution in [0.4, 0.5) is 18.9 Å². The molecule has 0 heterocycles. The largest absolute Gasteiger partial charge is 0.417 e. The summed E-state index contributed by atoms with van der Waals surface area (Å²) >= 11 is 5.69. The van der Waals surface area contributed by atoms with Crippen LogP contribution in [0.2, 0.25) is 5.02 Å². The van der Waals surface area contributed by atoms with Crippen LogP contribution in [0, 0.1) is 6.92 Å². The summed E-state index contributed by atoms with van der Waals surface area (Å²) in [6.45, 7) is 1.13. The van der Waals surface area contributed by atoms with E-state index in [0.29, 0.717) is 10.4 Å². The van der Waals surface area contributed by atoms with Crippen molar-refractivity contribution in [3.63, 3.8) is 0 Å². The Morgan fingerprint density at radius 2 is 1.74 bits per heavy atom. The molecule has 10 heteroatoms. The number of carbonyl (C=O) groups excluding carboxylic acids is 1. The lowest BCUT2D eigenvalue weighted by Crippen LogP contribution is -2.43. The molecular formula is C21H22ClF3N2O3S. The highest BCUT2D eigenvalue weighted by Crippen LogP contribution is 2.38. The van der Waals surface area contributed by atoms with Crippen molar-refractivity contribution >= 4 is 33.2 Å². The van der Waals surface area contributed by atoms with Crippen molar-refractivity contribution in [2.75, 3.05) is 10.8 Å². The fraction of sp³-hybridized carbons (Fsp3) is 0.381. The van der Waals surface area contributed by atoms with E-state index < -0.39 is 39.2 Å². The van der Waals surface area contributed by atoms with Crippen molar-refractivity contribution < 1.29 is 26.4 Å². The number of hydrogen-bond donors (Lipinski definition) is 1. The minimum atomic E-state index is -4.78. The molecule has 0 aromatic heterocycles. The lowest BCUT2D eigenvalue weighted by Gasteiger charge is -2.26. The lowest BCUT2D eigenvalue weighted by molar-refractivity contribution is -0.137. The predicted molar refractivity (Wildman–Crippen MR) is 113 cm³/mol. The highest BCUT2D eigenvalue weighted by Gasteiger charge is 2.35. The number of anilines is 1. The number of rotatable bonds is 6. The Morgan fingerprint density at radius 3 is 2.32 bits per heavy atom. The van der Waals surface area contributed by atoms with Crippen LogP contribution in [0.3, 0.4) is 0 Å². The number of alkyl halides is 3. The zero-order valence-corrected chi connectivity index (χ0v) is 18.3. The number of sulfonamides is 1. The molecule has 0 saturated heterocycles. The Morgan fingerprint density at radius 1 is 1.13 bits per heavy atom. The van der Waals surface area contributed by atoms with Crippen LogP contribution in [0.15, 0.2) is 47.4 Å². The van der Waals surface area contributed by atoms with Crippen molar-refractivity contribution in [3.05, 3.63) is 58.6 Å². The Bertz CT molecular complexity index is 1050. The standard InChI is InChI=1S/C21H22ClF3N2O3S/c1-14-6-9-17(10-7-14)31(29,30)27(13-20(28)26-15-4-2-3-5-15)16-8-11-19(22)18(12-16)21(23,24)25/h6-12,15H,2-5,13H2,1H3,(H,26,28). The van der Waals surface area contributed by atoms with Gasteiger partial charge in [-0.15, -0.1) is 0 Å². The van der Waals surface area contributed by atoms with Crippen molar-refractivity contribution in [1.29, 1.82) is 0 Å². The van der Waals surface area contributed by atoms with Gasteiger partial charge in [0, 0.05) is 6.04 Å². The molecule has 3 rings (SSSR count). The molecule has 2 aromatic rings. The Labute approximate surface area is 184 Å². The maximum Gasteiger partial charge on any atom is 0.417 e. The number of halogens is 4. The van der Waals surface area contributed by atoms with Gasteiger partial charge in [0.2, 0.25) is 5.91 Å². The third-order valence-electron chi connectivity index (χ3n) is 5.16. The monoisotopic (exact) mass is 474 g/mol. The number of carbonyl (C=O) groups is 1. The number of nitrogens with zero attached hydrogens (tertiary/aromatic N) is 1. The van der Waals surface area contributed by atoms with Crippen molar-refractivity contribution in [2.24, 2.45) is 0 Å². The molecule has 0 aliphatic heterocycles. The molecule has 1 saturated carbocycles. The van der Waals surface area contributed by atoms with E-state index in [1.54, 1.807) is 19.1 Å². The molecule has 5 nitrogen and oxygen atoms in total. The fourth-order valence-electron chi connectivity index (χ4n) is 3.51. The topological polar surface area (TPSA) is 66.5 Å².